The van der Waals surface area contributed by atoms with E-state index in [9.17, 15) is 0 Å². The molecule has 2 atom stereocenters. The maximum absolute atomic E-state index is 3.95. The molecular weight excluding hydrogens is 134 g/mol. The number of fused-ring (bicyclic) bond motifs is 1. The van der Waals surface area contributed by atoms with Gasteiger partial charge in [-0.15, -0.1) is 0 Å². The van der Waals surface area contributed by atoms with Gasteiger partial charge in [0, 0.05) is 0 Å². The minimum absolute atomic E-state index is 0.749. The number of nitrogens with zero attached hydrogens (tertiary/aromatic N) is 1. The van der Waals surface area contributed by atoms with Crippen molar-refractivity contribution in [2.45, 2.75) is 6.42 Å². The number of aliphatic imine (C=N–C) groups is 1. The molecule has 0 aromatic heterocycles. The molecule has 11 heavy (non-hydrogen) atoms. The Balaban J connectivity index is 2.34. The van der Waals surface area contributed by atoms with E-state index in [2.05, 4.69) is 30.4 Å². The van der Waals surface area contributed by atoms with Crippen molar-refractivity contribution in [2.75, 3.05) is 0 Å². The maximum atomic E-state index is 3.95. The fourth-order valence-corrected chi connectivity index (χ4v) is 1.55. The summed E-state index contributed by atoms with van der Waals surface area (Å²) in [6.07, 6.45) is 7.60. The molecule has 2 aliphatic rings. The third kappa shape index (κ3) is 0.967. The smallest absolute Gasteiger partial charge is 0.0654 e. The Kier molecular flexibility index (Phi) is 1.31. The van der Waals surface area contributed by atoms with Crippen molar-refractivity contribution in [1.29, 1.82) is 0 Å². The molecule has 0 N–H and O–H groups in total. The number of hydrogen-bond donors (Lipinski definition) is 0. The molecule has 1 fully saturated rings. The molecule has 0 bridgehead atoms. The van der Waals surface area contributed by atoms with Gasteiger partial charge in [-0.2, -0.15) is 0 Å². The SMILES string of the molecule is C=CC1=CC2CC2C=C1N=C. The van der Waals surface area contributed by atoms with Gasteiger partial charge in [0.05, 0.1) is 5.70 Å². The molecule has 2 aliphatic carbocycles. The highest BCUT2D eigenvalue weighted by atomic mass is 14.7. The molecular formula is C10H11N. The Bertz CT molecular complexity index is 243. The van der Waals surface area contributed by atoms with Crippen LogP contribution >= 0.6 is 0 Å². The van der Waals surface area contributed by atoms with E-state index >= 15 is 0 Å². The van der Waals surface area contributed by atoms with Crippen molar-refractivity contribution in [1.82, 2.24) is 0 Å². The summed E-state index contributed by atoms with van der Waals surface area (Å²) in [5, 5.41) is 0. The lowest BCUT2D eigenvalue weighted by molar-refractivity contribution is 0.947. The molecule has 2 rings (SSSR count). The molecule has 56 valence electrons. The summed E-state index contributed by atoms with van der Waals surface area (Å²) in [6, 6.07) is 0. The van der Waals surface area contributed by atoms with Crippen LogP contribution in [0.2, 0.25) is 0 Å². The van der Waals surface area contributed by atoms with E-state index in [0.717, 1.165) is 23.1 Å². The normalized spacial score (nSPS) is 33.1. The van der Waals surface area contributed by atoms with Gasteiger partial charge in [-0.3, -0.25) is 4.99 Å². The summed E-state index contributed by atoms with van der Waals surface area (Å²) in [5.41, 5.74) is 2.16. The summed E-state index contributed by atoms with van der Waals surface area (Å²) >= 11 is 0. The third-order valence-corrected chi connectivity index (χ3v) is 2.34. The summed E-state index contributed by atoms with van der Waals surface area (Å²) in [5.74, 6) is 1.52. The van der Waals surface area contributed by atoms with Gasteiger partial charge in [-0.05, 0) is 30.5 Å². The van der Waals surface area contributed by atoms with Gasteiger partial charge in [0.25, 0.3) is 0 Å². The number of hydrogen-bond acceptors (Lipinski definition) is 1. The van der Waals surface area contributed by atoms with Crippen LogP contribution in [0.25, 0.3) is 0 Å². The van der Waals surface area contributed by atoms with Gasteiger partial charge < -0.3 is 0 Å². The Labute approximate surface area is 66.8 Å². The van der Waals surface area contributed by atoms with Crippen molar-refractivity contribution in [3.05, 3.63) is 36.1 Å². The van der Waals surface area contributed by atoms with Crippen LogP contribution < -0.4 is 0 Å². The highest BCUT2D eigenvalue weighted by Gasteiger charge is 2.36. The van der Waals surface area contributed by atoms with Gasteiger partial charge in [0.1, 0.15) is 0 Å². The minimum Gasteiger partial charge on any atom is -0.264 e. The zero-order valence-electron chi connectivity index (χ0n) is 6.46. The van der Waals surface area contributed by atoms with Crippen LogP contribution in [-0.2, 0) is 0 Å². The van der Waals surface area contributed by atoms with E-state index in [1.165, 1.54) is 6.42 Å². The second kappa shape index (κ2) is 2.19. The van der Waals surface area contributed by atoms with Crippen molar-refractivity contribution in [2.24, 2.45) is 16.8 Å². The Hall–Kier alpha value is -1.11. The summed E-state index contributed by atoms with van der Waals surface area (Å²) in [6.45, 7) is 7.27. The Morgan fingerprint density at radius 2 is 2.18 bits per heavy atom. The quantitative estimate of drug-likeness (QED) is 0.529. The first kappa shape index (κ1) is 6.59. The van der Waals surface area contributed by atoms with Crippen LogP contribution in [-0.4, -0.2) is 6.72 Å². The van der Waals surface area contributed by atoms with E-state index < -0.39 is 0 Å². The van der Waals surface area contributed by atoms with Crippen LogP contribution in [0.5, 0.6) is 0 Å². The highest BCUT2D eigenvalue weighted by molar-refractivity contribution is 5.48. The lowest BCUT2D eigenvalue weighted by Gasteiger charge is -2.06. The summed E-state index contributed by atoms with van der Waals surface area (Å²) in [4.78, 5) is 3.95. The fourth-order valence-electron chi connectivity index (χ4n) is 1.55. The highest BCUT2D eigenvalue weighted by Crippen LogP contribution is 2.46. The first-order chi connectivity index (χ1) is 5.35. The second-order valence-corrected chi connectivity index (χ2v) is 3.10. The molecule has 0 amide bonds. The van der Waals surface area contributed by atoms with E-state index in [-0.39, 0.29) is 0 Å². The van der Waals surface area contributed by atoms with Crippen LogP contribution in [0.3, 0.4) is 0 Å². The molecule has 0 radical (unpaired) electrons. The minimum atomic E-state index is 0.749. The molecule has 0 spiro atoms. The molecule has 0 aromatic carbocycles. The van der Waals surface area contributed by atoms with Gasteiger partial charge in [-0.1, -0.05) is 24.8 Å². The molecule has 1 saturated carbocycles. The molecule has 0 saturated heterocycles. The molecule has 0 aliphatic heterocycles. The second-order valence-electron chi connectivity index (χ2n) is 3.10. The average molecular weight is 145 g/mol. The summed E-state index contributed by atoms with van der Waals surface area (Å²) < 4.78 is 0. The molecule has 1 nitrogen and oxygen atoms in total. The lowest BCUT2D eigenvalue weighted by Crippen LogP contribution is -1.91. The number of rotatable bonds is 2. The van der Waals surface area contributed by atoms with Crippen LogP contribution in [0, 0.1) is 11.8 Å². The third-order valence-electron chi connectivity index (χ3n) is 2.34. The largest absolute Gasteiger partial charge is 0.264 e. The van der Waals surface area contributed by atoms with Gasteiger partial charge in [0.2, 0.25) is 0 Å². The monoisotopic (exact) mass is 145 g/mol. The summed E-state index contributed by atoms with van der Waals surface area (Å²) in [7, 11) is 0. The van der Waals surface area contributed by atoms with Crippen LogP contribution in [0.4, 0.5) is 0 Å². The van der Waals surface area contributed by atoms with Crippen molar-refractivity contribution in [3.63, 3.8) is 0 Å². The standard InChI is InChI=1S/C10H11N/c1-3-7-4-8-5-9(8)6-10(7)11-2/h3-4,6,8-9H,1-2,5H2. The molecule has 1 heteroatoms. The van der Waals surface area contributed by atoms with Gasteiger partial charge >= 0.3 is 0 Å². The van der Waals surface area contributed by atoms with Gasteiger partial charge in [0.15, 0.2) is 0 Å². The van der Waals surface area contributed by atoms with E-state index in [0.29, 0.717) is 0 Å². The van der Waals surface area contributed by atoms with E-state index in [1.807, 2.05) is 6.08 Å². The topological polar surface area (TPSA) is 12.4 Å². The zero-order valence-corrected chi connectivity index (χ0v) is 6.46. The zero-order chi connectivity index (χ0) is 7.84. The first-order valence-electron chi connectivity index (χ1n) is 3.88. The van der Waals surface area contributed by atoms with Gasteiger partial charge in [-0.25, -0.2) is 0 Å². The Morgan fingerprint density at radius 3 is 2.82 bits per heavy atom. The molecule has 0 heterocycles. The predicted molar refractivity (Wildman–Crippen MR) is 47.5 cm³/mol. The maximum Gasteiger partial charge on any atom is 0.0654 e. The predicted octanol–water partition coefficient (Wildman–Crippen LogP) is 2.33. The average Bonchev–Trinajstić information content (AvgIpc) is 2.79. The molecule has 0 aromatic rings. The van der Waals surface area contributed by atoms with Crippen LogP contribution in [0.15, 0.2) is 41.1 Å². The fraction of sp³-hybridized carbons (Fsp3) is 0.300. The first-order valence-corrected chi connectivity index (χ1v) is 3.88. The number of allylic oxidation sites excluding steroid dienone is 3. The Morgan fingerprint density at radius 1 is 1.45 bits per heavy atom. The lowest BCUT2D eigenvalue weighted by atomic mass is 10.0. The molecule has 2 unspecified atom stereocenters. The van der Waals surface area contributed by atoms with E-state index in [4.69, 9.17) is 0 Å². The van der Waals surface area contributed by atoms with Crippen molar-refractivity contribution in [3.8, 4) is 0 Å². The van der Waals surface area contributed by atoms with E-state index in [1.54, 1.807) is 0 Å². The van der Waals surface area contributed by atoms with Crippen LogP contribution in [0.1, 0.15) is 6.42 Å². The van der Waals surface area contributed by atoms with Crippen molar-refractivity contribution < 1.29 is 0 Å². The van der Waals surface area contributed by atoms with Crippen molar-refractivity contribution >= 4 is 6.72 Å².